The fourth-order valence-electron chi connectivity index (χ4n) is 2.13. The largest absolute Gasteiger partial charge is 0.322 e. The summed E-state index contributed by atoms with van der Waals surface area (Å²) in [7, 11) is 2.07. The summed E-state index contributed by atoms with van der Waals surface area (Å²) in [4.78, 5) is 9.33. The molecule has 0 fully saturated rings. The van der Waals surface area contributed by atoms with Crippen LogP contribution in [0.15, 0.2) is 34.8 Å². The highest BCUT2D eigenvalue weighted by atomic mass is 32.2. The van der Waals surface area contributed by atoms with Crippen LogP contribution in [0.25, 0.3) is 11.0 Å². The topological polar surface area (TPSA) is 30.7 Å². The molecule has 0 saturated carbocycles. The van der Waals surface area contributed by atoms with Gasteiger partial charge in [-0.15, -0.1) is 11.3 Å². The van der Waals surface area contributed by atoms with Crippen LogP contribution in [0.5, 0.6) is 0 Å². The number of hydrogen-bond donors (Lipinski definition) is 0. The van der Waals surface area contributed by atoms with Crippen LogP contribution in [0.1, 0.15) is 24.0 Å². The highest BCUT2D eigenvalue weighted by molar-refractivity contribution is 7.98. The van der Waals surface area contributed by atoms with Crippen LogP contribution in [-0.2, 0) is 19.2 Å². The molecule has 0 saturated heterocycles. The fourth-order valence-corrected chi connectivity index (χ4v) is 4.02. The van der Waals surface area contributed by atoms with Gasteiger partial charge >= 0.3 is 0 Å². The first-order valence-electron chi connectivity index (χ1n) is 6.75. The molecule has 1 aromatic carbocycles. The van der Waals surface area contributed by atoms with Crippen molar-refractivity contribution in [3.8, 4) is 0 Å². The molecule has 104 valence electrons. The molecule has 3 aromatic rings. The first-order chi connectivity index (χ1) is 9.78. The highest BCUT2D eigenvalue weighted by Gasteiger charge is 2.09. The van der Waals surface area contributed by atoms with E-state index in [9.17, 15) is 0 Å². The van der Waals surface area contributed by atoms with E-state index in [0.29, 0.717) is 0 Å². The molecular weight excluding hydrogens is 286 g/mol. The molecule has 5 heteroatoms. The summed E-state index contributed by atoms with van der Waals surface area (Å²) in [5, 5.41) is 4.46. The van der Waals surface area contributed by atoms with Gasteiger partial charge in [0.05, 0.1) is 21.7 Å². The molecule has 20 heavy (non-hydrogen) atoms. The summed E-state index contributed by atoms with van der Waals surface area (Å²) >= 11 is 3.52. The minimum atomic E-state index is 0.886. The Morgan fingerprint density at radius 3 is 2.90 bits per heavy atom. The first kappa shape index (κ1) is 13.6. The van der Waals surface area contributed by atoms with E-state index >= 15 is 0 Å². The van der Waals surface area contributed by atoms with Crippen molar-refractivity contribution in [3.63, 3.8) is 0 Å². The van der Waals surface area contributed by atoms with E-state index in [1.807, 2.05) is 6.07 Å². The maximum atomic E-state index is 4.67. The molecular formula is C15H17N3S2. The van der Waals surface area contributed by atoms with Crippen LogP contribution in [0, 0.1) is 0 Å². The molecule has 0 N–H and O–H groups in total. The number of aromatic nitrogens is 3. The molecule has 0 aliphatic rings. The predicted molar refractivity (Wildman–Crippen MR) is 86.4 cm³/mol. The number of rotatable bonds is 5. The smallest absolute Gasteiger partial charge is 0.169 e. The second-order valence-electron chi connectivity index (χ2n) is 4.71. The summed E-state index contributed by atoms with van der Waals surface area (Å²) in [5.74, 6) is 0.886. The summed E-state index contributed by atoms with van der Waals surface area (Å²) < 4.78 is 2.15. The van der Waals surface area contributed by atoms with Gasteiger partial charge in [-0.1, -0.05) is 30.8 Å². The molecule has 3 nitrogen and oxygen atoms in total. The standard InChI is InChI=1S/C15H17N3S2/c1-3-6-14-16-11(9-19-14)10-20-15-17-12-7-4-5-8-13(12)18(15)2/h4-5,7-9H,3,6,10H2,1-2H3. The van der Waals surface area contributed by atoms with Crippen LogP contribution in [0.2, 0.25) is 0 Å². The Morgan fingerprint density at radius 2 is 2.10 bits per heavy atom. The van der Waals surface area contributed by atoms with Gasteiger partial charge < -0.3 is 4.57 Å². The molecule has 0 aliphatic carbocycles. The second-order valence-corrected chi connectivity index (χ2v) is 6.60. The van der Waals surface area contributed by atoms with Crippen molar-refractivity contribution >= 4 is 34.1 Å². The van der Waals surface area contributed by atoms with Crippen molar-refractivity contribution in [2.75, 3.05) is 0 Å². The van der Waals surface area contributed by atoms with E-state index in [1.54, 1.807) is 23.1 Å². The maximum Gasteiger partial charge on any atom is 0.169 e. The fraction of sp³-hybridized carbons (Fsp3) is 0.333. The van der Waals surface area contributed by atoms with Crippen LogP contribution >= 0.6 is 23.1 Å². The number of nitrogens with zero attached hydrogens (tertiary/aromatic N) is 3. The third kappa shape index (κ3) is 2.74. The Balaban J connectivity index is 1.74. The molecule has 2 aromatic heterocycles. The quantitative estimate of drug-likeness (QED) is 0.659. The summed E-state index contributed by atoms with van der Waals surface area (Å²) in [6.45, 7) is 2.19. The molecule has 2 heterocycles. The molecule has 0 unspecified atom stereocenters. The molecule has 0 spiro atoms. The zero-order chi connectivity index (χ0) is 13.9. The summed E-state index contributed by atoms with van der Waals surface area (Å²) in [6, 6.07) is 8.24. The van der Waals surface area contributed by atoms with Gasteiger partial charge in [-0.2, -0.15) is 0 Å². The molecule has 3 rings (SSSR count). The van der Waals surface area contributed by atoms with Gasteiger partial charge in [0.15, 0.2) is 5.16 Å². The van der Waals surface area contributed by atoms with Gasteiger partial charge in [0.2, 0.25) is 0 Å². The lowest BCUT2D eigenvalue weighted by atomic mass is 10.3. The van der Waals surface area contributed by atoms with Gasteiger partial charge in [-0.05, 0) is 25.0 Å². The highest BCUT2D eigenvalue weighted by Crippen LogP contribution is 2.26. The molecule has 0 radical (unpaired) electrons. The minimum Gasteiger partial charge on any atom is -0.322 e. The lowest BCUT2D eigenvalue weighted by Gasteiger charge is -2.00. The Morgan fingerprint density at radius 1 is 1.25 bits per heavy atom. The first-order valence-corrected chi connectivity index (χ1v) is 8.62. The van der Waals surface area contributed by atoms with Crippen molar-refractivity contribution in [1.29, 1.82) is 0 Å². The Labute approximate surface area is 127 Å². The van der Waals surface area contributed by atoms with E-state index < -0.39 is 0 Å². The zero-order valence-electron chi connectivity index (χ0n) is 11.7. The molecule has 0 bridgehead atoms. The number of hydrogen-bond acceptors (Lipinski definition) is 4. The molecule has 0 amide bonds. The van der Waals surface area contributed by atoms with Gasteiger partial charge in [0.25, 0.3) is 0 Å². The van der Waals surface area contributed by atoms with Crippen LogP contribution < -0.4 is 0 Å². The van der Waals surface area contributed by atoms with E-state index in [1.165, 1.54) is 10.5 Å². The second kappa shape index (κ2) is 5.97. The van der Waals surface area contributed by atoms with E-state index in [0.717, 1.165) is 35.0 Å². The van der Waals surface area contributed by atoms with Gasteiger partial charge in [-0.25, -0.2) is 9.97 Å². The maximum absolute atomic E-state index is 4.67. The number of benzene rings is 1. The lowest BCUT2D eigenvalue weighted by Crippen LogP contribution is -1.91. The number of imidazole rings is 1. The number of thiazole rings is 1. The van der Waals surface area contributed by atoms with E-state index in [-0.39, 0.29) is 0 Å². The average Bonchev–Trinajstić information content (AvgIpc) is 3.03. The zero-order valence-corrected chi connectivity index (χ0v) is 13.3. The Bertz CT molecular complexity index is 715. The van der Waals surface area contributed by atoms with Gasteiger partial charge in [0.1, 0.15) is 0 Å². The minimum absolute atomic E-state index is 0.886. The normalized spacial score (nSPS) is 11.3. The predicted octanol–water partition coefficient (Wildman–Crippen LogP) is 4.27. The van der Waals surface area contributed by atoms with Gasteiger partial charge in [-0.3, -0.25) is 0 Å². The number of fused-ring (bicyclic) bond motifs is 1. The molecule has 0 atom stereocenters. The third-order valence-corrected chi connectivity index (χ3v) is 5.18. The summed E-state index contributed by atoms with van der Waals surface area (Å²) in [5.41, 5.74) is 3.40. The van der Waals surface area contributed by atoms with Crippen molar-refractivity contribution in [2.45, 2.75) is 30.7 Å². The monoisotopic (exact) mass is 303 g/mol. The third-order valence-electron chi connectivity index (χ3n) is 3.16. The lowest BCUT2D eigenvalue weighted by molar-refractivity contribution is 0.814. The van der Waals surface area contributed by atoms with E-state index in [2.05, 4.69) is 52.1 Å². The SMILES string of the molecule is CCCc1nc(CSc2nc3ccccc3n2C)cs1. The van der Waals surface area contributed by atoms with Crippen molar-refractivity contribution in [1.82, 2.24) is 14.5 Å². The molecule has 0 aliphatic heterocycles. The van der Waals surface area contributed by atoms with Crippen molar-refractivity contribution < 1.29 is 0 Å². The van der Waals surface area contributed by atoms with Crippen molar-refractivity contribution in [2.24, 2.45) is 7.05 Å². The number of thioether (sulfide) groups is 1. The number of para-hydroxylation sites is 2. The van der Waals surface area contributed by atoms with E-state index in [4.69, 9.17) is 0 Å². The van der Waals surface area contributed by atoms with Crippen LogP contribution in [0.3, 0.4) is 0 Å². The van der Waals surface area contributed by atoms with Gasteiger partial charge in [0, 0.05) is 18.2 Å². The average molecular weight is 303 g/mol. The van der Waals surface area contributed by atoms with Crippen LogP contribution in [0.4, 0.5) is 0 Å². The van der Waals surface area contributed by atoms with Crippen molar-refractivity contribution in [3.05, 3.63) is 40.3 Å². The Kier molecular flexibility index (Phi) is 4.08. The number of aryl methyl sites for hydroxylation is 2. The Hall–Kier alpha value is -1.33. The van der Waals surface area contributed by atoms with Crippen LogP contribution in [-0.4, -0.2) is 14.5 Å². The summed E-state index contributed by atoms with van der Waals surface area (Å²) in [6.07, 6.45) is 2.24.